The smallest absolute Gasteiger partial charge is 0.168 e. The molecule has 34 heavy (non-hydrogen) atoms. The van der Waals surface area contributed by atoms with Crippen LogP contribution >= 0.6 is 0 Å². The molecule has 0 aliphatic heterocycles. The Labute approximate surface area is 209 Å². The molecule has 0 radical (unpaired) electrons. The topological polar surface area (TPSA) is 46.1 Å². The summed E-state index contributed by atoms with van der Waals surface area (Å²) in [6, 6.07) is 26.3. The van der Waals surface area contributed by atoms with Crippen LogP contribution in [0.15, 0.2) is 72.8 Å². The number of methoxy groups -OCH3 is 2. The lowest BCUT2D eigenvalue weighted by Gasteiger charge is -2.19. The van der Waals surface area contributed by atoms with Gasteiger partial charge in [0.05, 0.1) is 20.8 Å². The van der Waals surface area contributed by atoms with Gasteiger partial charge in [0.15, 0.2) is 11.5 Å². The first-order chi connectivity index (χ1) is 15.9. The fraction of sp³-hybridized carbons (Fsp3) is 0.267. The van der Waals surface area contributed by atoms with Crippen molar-refractivity contribution in [2.75, 3.05) is 20.8 Å². The lowest BCUT2D eigenvalue weighted by molar-refractivity contribution is -0.366. The van der Waals surface area contributed by atoms with Gasteiger partial charge in [-0.25, -0.2) is 0 Å². The van der Waals surface area contributed by atoms with Crippen LogP contribution < -0.4 is 27.6 Å². The highest BCUT2D eigenvalue weighted by molar-refractivity contribution is 5.99. The first-order valence-electron chi connectivity index (χ1n) is 11.5. The van der Waals surface area contributed by atoms with Crippen LogP contribution in [0.2, 0.25) is 0 Å². The average Bonchev–Trinajstić information content (AvgIpc) is 2.82. The fourth-order valence-electron chi connectivity index (χ4n) is 4.50. The van der Waals surface area contributed by atoms with Crippen molar-refractivity contribution in [3.63, 3.8) is 0 Å². The zero-order valence-electron chi connectivity index (χ0n) is 20.7. The maximum Gasteiger partial charge on any atom is 0.168 e. The molecule has 0 atom stereocenters. The van der Waals surface area contributed by atoms with Crippen LogP contribution in [0.5, 0.6) is 11.5 Å². The van der Waals surface area contributed by atoms with Crippen LogP contribution in [0.4, 0.5) is 0 Å². The molecule has 0 saturated heterocycles. The van der Waals surface area contributed by atoms with Gasteiger partial charge in [0.2, 0.25) is 0 Å². The minimum absolute atomic E-state index is 0. The van der Waals surface area contributed by atoms with E-state index >= 15 is 0 Å². The van der Waals surface area contributed by atoms with E-state index in [9.17, 15) is 0 Å². The predicted octanol–water partition coefficient (Wildman–Crippen LogP) is 3.28. The first kappa shape index (κ1) is 25.6. The molecule has 178 valence electrons. The summed E-state index contributed by atoms with van der Waals surface area (Å²) in [5.41, 5.74) is 11.2. The lowest BCUT2D eigenvalue weighted by atomic mass is 9.86. The van der Waals surface area contributed by atoms with E-state index in [1.54, 1.807) is 14.2 Å². The molecular weight excluding hydrogens is 442 g/mol. The minimum Gasteiger partial charge on any atom is -1.00 e. The summed E-state index contributed by atoms with van der Waals surface area (Å²) in [4.78, 5) is 0. The van der Waals surface area contributed by atoms with Crippen molar-refractivity contribution in [2.45, 2.75) is 32.6 Å². The monoisotopic (exact) mass is 475 g/mol. The van der Waals surface area contributed by atoms with Gasteiger partial charge < -0.3 is 27.6 Å². The molecule has 4 heteroatoms. The molecular formula is C30H34ClNO2. The molecule has 0 bridgehead atoms. The van der Waals surface area contributed by atoms with E-state index < -0.39 is 0 Å². The van der Waals surface area contributed by atoms with Crippen LogP contribution in [0.3, 0.4) is 0 Å². The van der Waals surface area contributed by atoms with Crippen molar-refractivity contribution in [1.82, 2.24) is 0 Å². The van der Waals surface area contributed by atoms with Gasteiger partial charge in [0.25, 0.3) is 0 Å². The quantitative estimate of drug-likeness (QED) is 0.465. The summed E-state index contributed by atoms with van der Waals surface area (Å²) >= 11 is 0. The summed E-state index contributed by atoms with van der Waals surface area (Å²) in [7, 11) is 3.40. The maximum atomic E-state index is 5.81. The average molecular weight is 476 g/mol. The second kappa shape index (κ2) is 10.5. The third-order valence-electron chi connectivity index (χ3n) is 6.30. The highest BCUT2D eigenvalue weighted by Gasteiger charge is 2.17. The molecule has 0 aliphatic rings. The van der Waals surface area contributed by atoms with E-state index in [-0.39, 0.29) is 17.8 Å². The van der Waals surface area contributed by atoms with Gasteiger partial charge in [-0.1, -0.05) is 87.5 Å². The minimum atomic E-state index is 0. The third kappa shape index (κ3) is 4.91. The molecule has 0 fully saturated rings. The standard InChI is InChI=1S/C30H33NO2.ClH/c1-30(2,3)24-13-9-20(10-14-24)25-8-6-7-22-19-23(12-15-26(22)25)27-16-11-21(17-18-31)28(32-4)29(27)33-5;/h6-16,19H,17-18,31H2,1-5H3;1H. The predicted molar refractivity (Wildman–Crippen MR) is 138 cm³/mol. The molecule has 4 aromatic rings. The van der Waals surface area contributed by atoms with Crippen LogP contribution in [0, 0.1) is 0 Å². The van der Waals surface area contributed by atoms with E-state index in [4.69, 9.17) is 9.47 Å². The zero-order valence-corrected chi connectivity index (χ0v) is 21.5. The number of hydrogen-bond acceptors (Lipinski definition) is 2. The Bertz CT molecular complexity index is 1270. The number of quaternary nitrogens is 1. The van der Waals surface area contributed by atoms with Gasteiger partial charge in [-0.3, -0.25) is 0 Å². The normalized spacial score (nSPS) is 11.2. The summed E-state index contributed by atoms with van der Waals surface area (Å²) in [5, 5.41) is 2.44. The molecule has 0 aromatic heterocycles. The Balaban J connectivity index is 0.00000324. The lowest BCUT2D eigenvalue weighted by Crippen LogP contribution is -3.00. The van der Waals surface area contributed by atoms with Gasteiger partial charge in [-0.2, -0.15) is 0 Å². The van der Waals surface area contributed by atoms with Crippen LogP contribution in [-0.2, 0) is 11.8 Å². The van der Waals surface area contributed by atoms with Crippen molar-refractivity contribution in [1.29, 1.82) is 0 Å². The third-order valence-corrected chi connectivity index (χ3v) is 6.30. The molecule has 0 aliphatic carbocycles. The molecule has 0 saturated carbocycles. The van der Waals surface area contributed by atoms with Gasteiger partial charge >= 0.3 is 0 Å². The Morgan fingerprint density at radius 2 is 1.41 bits per heavy atom. The van der Waals surface area contributed by atoms with E-state index in [1.807, 2.05) is 0 Å². The number of ether oxygens (including phenoxy) is 2. The summed E-state index contributed by atoms with van der Waals surface area (Å²) in [5.74, 6) is 1.57. The van der Waals surface area contributed by atoms with Gasteiger partial charge in [-0.05, 0) is 44.5 Å². The van der Waals surface area contributed by atoms with Crippen molar-refractivity contribution in [3.8, 4) is 33.8 Å². The Hall–Kier alpha value is -3.01. The number of fused-ring (bicyclic) bond motifs is 1. The molecule has 3 nitrogen and oxygen atoms in total. The number of halogens is 1. The second-order valence-electron chi connectivity index (χ2n) is 9.51. The van der Waals surface area contributed by atoms with Gasteiger partial charge in [-0.15, -0.1) is 0 Å². The molecule has 0 spiro atoms. The number of rotatable bonds is 6. The van der Waals surface area contributed by atoms with E-state index in [1.165, 1.54) is 27.5 Å². The van der Waals surface area contributed by atoms with Crippen molar-refractivity contribution < 1.29 is 27.6 Å². The molecule has 4 rings (SSSR count). The van der Waals surface area contributed by atoms with Crippen LogP contribution in [0.25, 0.3) is 33.0 Å². The van der Waals surface area contributed by atoms with Gasteiger partial charge in [0, 0.05) is 17.5 Å². The number of hydrogen-bond donors (Lipinski definition) is 1. The molecule has 0 heterocycles. The summed E-state index contributed by atoms with van der Waals surface area (Å²) < 4.78 is 11.5. The fourth-order valence-corrected chi connectivity index (χ4v) is 4.50. The van der Waals surface area contributed by atoms with Crippen molar-refractivity contribution >= 4 is 10.8 Å². The van der Waals surface area contributed by atoms with E-state index in [0.29, 0.717) is 0 Å². The van der Waals surface area contributed by atoms with E-state index in [0.717, 1.165) is 41.2 Å². The number of benzene rings is 4. The van der Waals surface area contributed by atoms with E-state index in [2.05, 4.69) is 99.3 Å². The van der Waals surface area contributed by atoms with Crippen LogP contribution in [-0.4, -0.2) is 20.8 Å². The second-order valence-corrected chi connectivity index (χ2v) is 9.51. The summed E-state index contributed by atoms with van der Waals surface area (Å²) in [6.07, 6.45) is 0.856. The molecule has 0 amide bonds. The zero-order chi connectivity index (χ0) is 23.6. The Morgan fingerprint density at radius 1 is 0.735 bits per heavy atom. The molecule has 4 aromatic carbocycles. The van der Waals surface area contributed by atoms with Crippen molar-refractivity contribution in [3.05, 3.63) is 83.9 Å². The highest BCUT2D eigenvalue weighted by Crippen LogP contribution is 2.42. The first-order valence-corrected chi connectivity index (χ1v) is 11.5. The van der Waals surface area contributed by atoms with Crippen LogP contribution in [0.1, 0.15) is 31.9 Å². The maximum absolute atomic E-state index is 5.81. The SMILES string of the molecule is COc1c(CC[NH3+])ccc(-c2ccc3c(-c4ccc(C(C)(C)C)cc4)cccc3c2)c1OC.[Cl-]. The Morgan fingerprint density at radius 3 is 2.03 bits per heavy atom. The molecule has 3 N–H and O–H groups in total. The Kier molecular flexibility index (Phi) is 7.91. The summed E-state index contributed by atoms with van der Waals surface area (Å²) in [6.45, 7) is 7.55. The van der Waals surface area contributed by atoms with Gasteiger partial charge in [0.1, 0.15) is 0 Å². The van der Waals surface area contributed by atoms with Crippen molar-refractivity contribution in [2.24, 2.45) is 0 Å². The highest BCUT2D eigenvalue weighted by atomic mass is 35.5. The largest absolute Gasteiger partial charge is 1.00 e. The molecule has 0 unspecified atom stereocenters.